The first-order chi connectivity index (χ1) is 7.31. The number of nitrogens with one attached hydrogen (secondary N) is 1. The lowest BCUT2D eigenvalue weighted by molar-refractivity contribution is 0.393. The molecule has 1 saturated carbocycles. The predicted octanol–water partition coefficient (Wildman–Crippen LogP) is 2.15. The van der Waals surface area contributed by atoms with Crippen molar-refractivity contribution in [3.63, 3.8) is 0 Å². The third-order valence-corrected chi connectivity index (χ3v) is 2.93. The number of hydrogen-bond donors (Lipinski definition) is 1. The monoisotopic (exact) mass is 207 g/mol. The number of aromatic nitrogens is 2. The zero-order valence-corrected chi connectivity index (χ0v) is 9.29. The summed E-state index contributed by atoms with van der Waals surface area (Å²) in [5.41, 5.74) is 0.993. The Morgan fingerprint density at radius 1 is 1.33 bits per heavy atom. The van der Waals surface area contributed by atoms with E-state index in [4.69, 9.17) is 4.74 Å². The highest BCUT2D eigenvalue weighted by Gasteiger charge is 2.16. The van der Waals surface area contributed by atoms with Gasteiger partial charge in [-0.2, -0.15) is 0 Å². The normalized spacial score (nSPS) is 16.7. The Balaban J connectivity index is 2.13. The summed E-state index contributed by atoms with van der Waals surface area (Å²) in [6.07, 6.45) is 6.67. The highest BCUT2D eigenvalue weighted by atomic mass is 16.5. The fourth-order valence-electron chi connectivity index (χ4n) is 2.05. The zero-order valence-electron chi connectivity index (χ0n) is 9.29. The van der Waals surface area contributed by atoms with Crippen LogP contribution in [-0.4, -0.2) is 23.1 Å². The molecule has 1 aliphatic rings. The number of ether oxygens (including phenoxy) is 1. The van der Waals surface area contributed by atoms with Crippen molar-refractivity contribution in [2.24, 2.45) is 0 Å². The minimum Gasteiger partial charge on any atom is -0.481 e. The first-order valence-corrected chi connectivity index (χ1v) is 5.43. The summed E-state index contributed by atoms with van der Waals surface area (Å²) in [6, 6.07) is 0.573. The summed E-state index contributed by atoms with van der Waals surface area (Å²) >= 11 is 0. The van der Waals surface area contributed by atoms with E-state index >= 15 is 0 Å². The van der Waals surface area contributed by atoms with Crippen molar-refractivity contribution in [2.75, 3.05) is 12.4 Å². The molecule has 0 saturated heterocycles. The van der Waals surface area contributed by atoms with E-state index in [0.717, 1.165) is 11.4 Å². The number of rotatable bonds is 3. The first kappa shape index (κ1) is 10.2. The summed E-state index contributed by atoms with van der Waals surface area (Å²) in [6.45, 7) is 1.98. The molecular formula is C11H17N3O. The van der Waals surface area contributed by atoms with Gasteiger partial charge in [0.25, 0.3) is 0 Å². The second-order valence-electron chi connectivity index (χ2n) is 3.98. The van der Waals surface area contributed by atoms with Crippen molar-refractivity contribution in [1.82, 2.24) is 9.97 Å². The minimum absolute atomic E-state index is 0.573. The smallest absolute Gasteiger partial charge is 0.221 e. The van der Waals surface area contributed by atoms with Crippen LogP contribution in [0.15, 0.2) is 6.33 Å². The van der Waals surface area contributed by atoms with Gasteiger partial charge in [-0.3, -0.25) is 0 Å². The number of methoxy groups -OCH3 is 1. The summed E-state index contributed by atoms with van der Waals surface area (Å²) in [5, 5.41) is 3.45. The van der Waals surface area contributed by atoms with Crippen LogP contribution in [0.5, 0.6) is 5.88 Å². The molecule has 15 heavy (non-hydrogen) atoms. The predicted molar refractivity (Wildman–Crippen MR) is 59.2 cm³/mol. The van der Waals surface area contributed by atoms with E-state index in [1.54, 1.807) is 13.4 Å². The molecule has 0 unspecified atom stereocenters. The van der Waals surface area contributed by atoms with Crippen molar-refractivity contribution in [3.05, 3.63) is 11.9 Å². The van der Waals surface area contributed by atoms with E-state index in [0.29, 0.717) is 11.9 Å². The van der Waals surface area contributed by atoms with Crippen LogP contribution in [0, 0.1) is 6.92 Å². The Bertz CT molecular complexity index is 335. The largest absolute Gasteiger partial charge is 0.481 e. The Hall–Kier alpha value is -1.32. The fourth-order valence-corrected chi connectivity index (χ4v) is 2.05. The Kier molecular flexibility index (Phi) is 3.04. The molecule has 0 spiro atoms. The molecule has 4 nitrogen and oxygen atoms in total. The third kappa shape index (κ3) is 2.19. The average molecular weight is 207 g/mol. The number of hydrogen-bond acceptors (Lipinski definition) is 4. The number of anilines is 1. The zero-order chi connectivity index (χ0) is 10.7. The molecule has 0 bridgehead atoms. The van der Waals surface area contributed by atoms with E-state index in [9.17, 15) is 0 Å². The van der Waals surface area contributed by atoms with Crippen LogP contribution in [0.25, 0.3) is 0 Å². The molecule has 1 N–H and O–H groups in total. The molecule has 1 heterocycles. The molecule has 82 valence electrons. The number of nitrogens with zero attached hydrogens (tertiary/aromatic N) is 2. The van der Waals surface area contributed by atoms with Gasteiger partial charge in [0, 0.05) is 6.04 Å². The van der Waals surface area contributed by atoms with Crippen LogP contribution >= 0.6 is 0 Å². The molecule has 0 aromatic carbocycles. The van der Waals surface area contributed by atoms with Gasteiger partial charge in [0.15, 0.2) is 0 Å². The Morgan fingerprint density at radius 3 is 2.73 bits per heavy atom. The second kappa shape index (κ2) is 4.47. The van der Waals surface area contributed by atoms with Gasteiger partial charge < -0.3 is 10.1 Å². The van der Waals surface area contributed by atoms with E-state index in [1.165, 1.54) is 25.7 Å². The lowest BCUT2D eigenvalue weighted by Crippen LogP contribution is -2.16. The summed E-state index contributed by atoms with van der Waals surface area (Å²) in [4.78, 5) is 8.31. The van der Waals surface area contributed by atoms with Gasteiger partial charge in [-0.25, -0.2) is 9.97 Å². The highest BCUT2D eigenvalue weighted by molar-refractivity contribution is 5.48. The van der Waals surface area contributed by atoms with Crippen LogP contribution in [0.4, 0.5) is 5.82 Å². The van der Waals surface area contributed by atoms with E-state index < -0.39 is 0 Å². The molecule has 1 fully saturated rings. The van der Waals surface area contributed by atoms with Gasteiger partial charge >= 0.3 is 0 Å². The quantitative estimate of drug-likeness (QED) is 0.825. The maximum Gasteiger partial charge on any atom is 0.221 e. The molecular weight excluding hydrogens is 190 g/mol. The third-order valence-electron chi connectivity index (χ3n) is 2.93. The van der Waals surface area contributed by atoms with Gasteiger partial charge in [0.1, 0.15) is 12.1 Å². The summed E-state index contributed by atoms with van der Waals surface area (Å²) < 4.78 is 5.16. The van der Waals surface area contributed by atoms with Crippen LogP contribution < -0.4 is 10.1 Å². The van der Waals surface area contributed by atoms with Crippen LogP contribution in [0.2, 0.25) is 0 Å². The molecule has 1 aromatic heterocycles. The van der Waals surface area contributed by atoms with Gasteiger partial charge in [-0.1, -0.05) is 12.8 Å². The van der Waals surface area contributed by atoms with Crippen LogP contribution in [-0.2, 0) is 0 Å². The van der Waals surface area contributed by atoms with Crippen molar-refractivity contribution in [2.45, 2.75) is 38.6 Å². The lowest BCUT2D eigenvalue weighted by atomic mass is 10.2. The average Bonchev–Trinajstić information content (AvgIpc) is 2.74. The Morgan fingerprint density at radius 2 is 2.07 bits per heavy atom. The van der Waals surface area contributed by atoms with Crippen molar-refractivity contribution in [3.8, 4) is 5.88 Å². The van der Waals surface area contributed by atoms with Gasteiger partial charge in [0.2, 0.25) is 5.88 Å². The maximum atomic E-state index is 5.16. The highest BCUT2D eigenvalue weighted by Crippen LogP contribution is 2.25. The van der Waals surface area contributed by atoms with Crippen LogP contribution in [0.3, 0.4) is 0 Å². The topological polar surface area (TPSA) is 47.0 Å². The first-order valence-electron chi connectivity index (χ1n) is 5.43. The standard InChI is InChI=1S/C11H17N3O/c1-8-10(12-7-13-11(8)15-2)14-9-5-3-4-6-9/h7,9H,3-6H2,1-2H3,(H,12,13,14). The van der Waals surface area contributed by atoms with Crippen LogP contribution in [0.1, 0.15) is 31.2 Å². The molecule has 0 amide bonds. The van der Waals surface area contributed by atoms with Gasteiger partial charge in [-0.05, 0) is 19.8 Å². The molecule has 0 aliphatic heterocycles. The molecule has 0 radical (unpaired) electrons. The molecule has 1 aromatic rings. The molecule has 4 heteroatoms. The molecule has 0 atom stereocenters. The lowest BCUT2D eigenvalue weighted by Gasteiger charge is -2.15. The van der Waals surface area contributed by atoms with Gasteiger partial charge in [0.05, 0.1) is 12.7 Å². The molecule has 2 rings (SSSR count). The fraction of sp³-hybridized carbons (Fsp3) is 0.636. The maximum absolute atomic E-state index is 5.16. The SMILES string of the molecule is COc1ncnc(NC2CCCC2)c1C. The van der Waals surface area contributed by atoms with Crippen molar-refractivity contribution in [1.29, 1.82) is 0 Å². The van der Waals surface area contributed by atoms with E-state index in [1.807, 2.05) is 6.92 Å². The van der Waals surface area contributed by atoms with E-state index in [2.05, 4.69) is 15.3 Å². The van der Waals surface area contributed by atoms with Crippen molar-refractivity contribution >= 4 is 5.82 Å². The molecule has 1 aliphatic carbocycles. The summed E-state index contributed by atoms with van der Waals surface area (Å²) in [7, 11) is 1.63. The minimum atomic E-state index is 0.573. The second-order valence-corrected chi connectivity index (χ2v) is 3.98. The van der Waals surface area contributed by atoms with E-state index in [-0.39, 0.29) is 0 Å². The van der Waals surface area contributed by atoms with Gasteiger partial charge in [-0.15, -0.1) is 0 Å². The summed E-state index contributed by atoms with van der Waals surface area (Å²) in [5.74, 6) is 1.57. The Labute approximate surface area is 90.1 Å². The van der Waals surface area contributed by atoms with Crippen molar-refractivity contribution < 1.29 is 4.74 Å².